The second kappa shape index (κ2) is 5.15. The van der Waals surface area contributed by atoms with Gasteiger partial charge in [0.25, 0.3) is 0 Å². The number of ether oxygens (including phenoxy) is 1. The molecule has 0 spiro atoms. The Labute approximate surface area is 85.5 Å². The molecule has 0 heterocycles. The van der Waals surface area contributed by atoms with Gasteiger partial charge in [-0.1, -0.05) is 6.58 Å². The molecule has 0 atom stereocenters. The van der Waals surface area contributed by atoms with Crippen molar-refractivity contribution in [2.24, 2.45) is 0 Å². The Morgan fingerprint density at radius 3 is 2.36 bits per heavy atom. The zero-order valence-corrected chi connectivity index (χ0v) is 9.01. The molecule has 3 heteroatoms. The summed E-state index contributed by atoms with van der Waals surface area (Å²) in [7, 11) is 1.98. The molecule has 80 valence electrons. The van der Waals surface area contributed by atoms with Gasteiger partial charge in [0.05, 0.1) is 0 Å². The van der Waals surface area contributed by atoms with E-state index < -0.39 is 0 Å². The van der Waals surface area contributed by atoms with Crippen molar-refractivity contribution in [3.63, 3.8) is 0 Å². The molecule has 0 unspecified atom stereocenters. The molecule has 1 aliphatic rings. The van der Waals surface area contributed by atoms with Crippen LogP contribution in [0.25, 0.3) is 0 Å². The molecule has 0 aromatic heterocycles. The van der Waals surface area contributed by atoms with Gasteiger partial charge in [-0.25, -0.2) is 4.79 Å². The molecule has 1 N–H and O–H groups in total. The molecule has 0 saturated heterocycles. The molecule has 0 aliphatic heterocycles. The molecule has 3 nitrogen and oxygen atoms in total. The maximum atomic E-state index is 11.2. The molecule has 1 aliphatic carbocycles. The van der Waals surface area contributed by atoms with Crippen LogP contribution in [0.1, 0.15) is 32.6 Å². The third kappa shape index (κ3) is 3.14. The average Bonchev–Trinajstić information content (AvgIpc) is 2.19. The standard InChI is InChI=1S/C11H19NO2/c1-8(2)11(13)14-10-6-4-9(12-3)5-7-10/h9-10,12H,1,4-7H2,2-3H3. The summed E-state index contributed by atoms with van der Waals surface area (Å²) in [5.41, 5.74) is 0.487. The normalized spacial score (nSPS) is 27.0. The van der Waals surface area contributed by atoms with Gasteiger partial charge in [-0.2, -0.15) is 0 Å². The lowest BCUT2D eigenvalue weighted by Crippen LogP contribution is -2.33. The summed E-state index contributed by atoms with van der Waals surface area (Å²) in [5.74, 6) is -0.252. The fourth-order valence-electron chi connectivity index (χ4n) is 1.72. The number of hydrogen-bond acceptors (Lipinski definition) is 3. The van der Waals surface area contributed by atoms with Crippen molar-refractivity contribution >= 4 is 5.97 Å². The fraction of sp³-hybridized carbons (Fsp3) is 0.727. The first kappa shape index (κ1) is 11.2. The lowest BCUT2D eigenvalue weighted by molar-refractivity contribution is -0.145. The van der Waals surface area contributed by atoms with Crippen LogP contribution in [-0.2, 0) is 9.53 Å². The fourth-order valence-corrected chi connectivity index (χ4v) is 1.72. The first-order valence-electron chi connectivity index (χ1n) is 5.17. The predicted octanol–water partition coefficient (Wildman–Crippen LogP) is 1.64. The Morgan fingerprint density at radius 2 is 1.93 bits per heavy atom. The van der Waals surface area contributed by atoms with E-state index >= 15 is 0 Å². The first-order valence-corrected chi connectivity index (χ1v) is 5.17. The zero-order chi connectivity index (χ0) is 10.6. The van der Waals surface area contributed by atoms with E-state index in [0.29, 0.717) is 11.6 Å². The third-order valence-electron chi connectivity index (χ3n) is 2.70. The quantitative estimate of drug-likeness (QED) is 0.552. The van der Waals surface area contributed by atoms with Crippen LogP contribution in [0.15, 0.2) is 12.2 Å². The summed E-state index contributed by atoms with van der Waals surface area (Å²) in [6.45, 7) is 5.25. The SMILES string of the molecule is C=C(C)C(=O)OC1CCC(NC)CC1. The largest absolute Gasteiger partial charge is 0.459 e. The minimum absolute atomic E-state index is 0.101. The zero-order valence-electron chi connectivity index (χ0n) is 9.01. The summed E-state index contributed by atoms with van der Waals surface area (Å²) < 4.78 is 5.28. The van der Waals surface area contributed by atoms with Crippen LogP contribution in [0.3, 0.4) is 0 Å². The van der Waals surface area contributed by atoms with Crippen LogP contribution in [0, 0.1) is 0 Å². The Morgan fingerprint density at radius 1 is 1.36 bits per heavy atom. The molecule has 0 aromatic carbocycles. The van der Waals surface area contributed by atoms with Crippen LogP contribution in [0.5, 0.6) is 0 Å². The highest BCUT2D eigenvalue weighted by Gasteiger charge is 2.22. The van der Waals surface area contributed by atoms with Crippen LogP contribution < -0.4 is 5.32 Å². The summed E-state index contributed by atoms with van der Waals surface area (Å²) in [6.07, 6.45) is 4.20. The molecule has 0 radical (unpaired) electrons. The van der Waals surface area contributed by atoms with E-state index in [-0.39, 0.29) is 12.1 Å². The number of esters is 1. The lowest BCUT2D eigenvalue weighted by Gasteiger charge is -2.27. The predicted molar refractivity (Wildman–Crippen MR) is 56.0 cm³/mol. The van der Waals surface area contributed by atoms with Gasteiger partial charge in [0.1, 0.15) is 6.10 Å². The smallest absolute Gasteiger partial charge is 0.333 e. The lowest BCUT2D eigenvalue weighted by atomic mass is 9.93. The highest BCUT2D eigenvalue weighted by Crippen LogP contribution is 2.21. The van der Waals surface area contributed by atoms with Gasteiger partial charge in [0.15, 0.2) is 0 Å². The van der Waals surface area contributed by atoms with Gasteiger partial charge in [-0.15, -0.1) is 0 Å². The highest BCUT2D eigenvalue weighted by atomic mass is 16.5. The van der Waals surface area contributed by atoms with Crippen molar-refractivity contribution in [3.8, 4) is 0 Å². The minimum atomic E-state index is -0.252. The molecule has 14 heavy (non-hydrogen) atoms. The van der Waals surface area contributed by atoms with Crippen LogP contribution >= 0.6 is 0 Å². The van der Waals surface area contributed by atoms with Crippen LogP contribution in [0.4, 0.5) is 0 Å². The molecule has 1 saturated carbocycles. The number of carbonyl (C=O) groups is 1. The Hall–Kier alpha value is -0.830. The van der Waals surface area contributed by atoms with Gasteiger partial charge in [0.2, 0.25) is 0 Å². The summed E-state index contributed by atoms with van der Waals surface area (Å²) in [5, 5.41) is 3.24. The molecule has 0 aromatic rings. The van der Waals surface area contributed by atoms with Crippen molar-refractivity contribution in [2.75, 3.05) is 7.05 Å². The molecule has 1 rings (SSSR count). The maximum Gasteiger partial charge on any atom is 0.333 e. The monoisotopic (exact) mass is 197 g/mol. The van der Waals surface area contributed by atoms with Gasteiger partial charge in [0, 0.05) is 11.6 Å². The number of nitrogens with one attached hydrogen (secondary N) is 1. The summed E-state index contributed by atoms with van der Waals surface area (Å²) in [6, 6.07) is 0.592. The maximum absolute atomic E-state index is 11.2. The average molecular weight is 197 g/mol. The summed E-state index contributed by atoms with van der Waals surface area (Å²) >= 11 is 0. The molecule has 1 fully saturated rings. The number of hydrogen-bond donors (Lipinski definition) is 1. The van der Waals surface area contributed by atoms with Crippen LogP contribution in [0.2, 0.25) is 0 Å². The highest BCUT2D eigenvalue weighted by molar-refractivity contribution is 5.87. The number of rotatable bonds is 3. The van der Waals surface area contributed by atoms with Crippen molar-refractivity contribution in [1.82, 2.24) is 5.32 Å². The second-order valence-electron chi connectivity index (χ2n) is 3.95. The van der Waals surface area contributed by atoms with Crippen molar-refractivity contribution in [3.05, 3.63) is 12.2 Å². The Kier molecular flexibility index (Phi) is 4.14. The van der Waals surface area contributed by atoms with E-state index in [0.717, 1.165) is 25.7 Å². The molecule has 0 bridgehead atoms. The van der Waals surface area contributed by atoms with Crippen molar-refractivity contribution < 1.29 is 9.53 Å². The van der Waals surface area contributed by atoms with Crippen molar-refractivity contribution in [2.45, 2.75) is 44.8 Å². The summed E-state index contributed by atoms with van der Waals surface area (Å²) in [4.78, 5) is 11.2. The van der Waals surface area contributed by atoms with Crippen molar-refractivity contribution in [1.29, 1.82) is 0 Å². The van der Waals surface area contributed by atoms with E-state index in [1.165, 1.54) is 0 Å². The minimum Gasteiger partial charge on any atom is -0.459 e. The van der Waals surface area contributed by atoms with Crippen LogP contribution in [-0.4, -0.2) is 25.2 Å². The van der Waals surface area contributed by atoms with E-state index in [1.54, 1.807) is 6.92 Å². The van der Waals surface area contributed by atoms with E-state index in [9.17, 15) is 4.79 Å². The van der Waals surface area contributed by atoms with E-state index in [4.69, 9.17) is 4.74 Å². The second-order valence-corrected chi connectivity index (χ2v) is 3.95. The van der Waals surface area contributed by atoms with Gasteiger partial charge in [-0.05, 0) is 39.7 Å². The first-order chi connectivity index (χ1) is 6.63. The topological polar surface area (TPSA) is 38.3 Å². The Bertz CT molecular complexity index is 217. The number of carbonyl (C=O) groups excluding carboxylic acids is 1. The molecular formula is C11H19NO2. The van der Waals surface area contributed by atoms with Gasteiger partial charge in [-0.3, -0.25) is 0 Å². The van der Waals surface area contributed by atoms with Gasteiger partial charge >= 0.3 is 5.97 Å². The third-order valence-corrected chi connectivity index (χ3v) is 2.70. The van der Waals surface area contributed by atoms with E-state index in [1.807, 2.05) is 7.05 Å². The van der Waals surface area contributed by atoms with Gasteiger partial charge < -0.3 is 10.1 Å². The Balaban J connectivity index is 2.29. The molecular weight excluding hydrogens is 178 g/mol. The molecule has 0 amide bonds. The van der Waals surface area contributed by atoms with E-state index in [2.05, 4.69) is 11.9 Å².